The molecule has 0 rings (SSSR count). The number of aliphatic hydroxyl groups excluding tert-OH is 2. The van der Waals surface area contributed by atoms with Gasteiger partial charge in [-0.25, -0.2) is 0 Å². The third-order valence-electron chi connectivity index (χ3n) is 12.1. The Balaban J connectivity index is 4.52. The minimum atomic E-state index is -0.789. The van der Waals surface area contributed by atoms with Crippen LogP contribution in [0.2, 0.25) is 0 Å². The van der Waals surface area contributed by atoms with E-state index in [1.54, 1.807) is 0 Å². The molecule has 0 saturated heterocycles. The summed E-state index contributed by atoms with van der Waals surface area (Å²) in [7, 11) is 0. The number of ether oxygens (including phenoxy) is 1. The van der Waals surface area contributed by atoms with Crippen LogP contribution >= 0.6 is 0 Å². The second-order valence-electron chi connectivity index (χ2n) is 18.0. The maximum absolute atomic E-state index is 13.2. The fourth-order valence-electron chi connectivity index (χ4n) is 8.07. The zero-order chi connectivity index (χ0) is 43.1. The number of hydrogen-bond acceptors (Lipinski definition) is 5. The van der Waals surface area contributed by atoms with Gasteiger partial charge in [-0.2, -0.15) is 0 Å². The van der Waals surface area contributed by atoms with Crippen LogP contribution in [0, 0.1) is 0 Å². The van der Waals surface area contributed by atoms with Crippen molar-refractivity contribution in [2.75, 3.05) is 6.61 Å². The normalized spacial score (nSPS) is 13.4. The molecule has 0 heterocycles. The van der Waals surface area contributed by atoms with Gasteiger partial charge in [0.2, 0.25) is 5.91 Å². The summed E-state index contributed by atoms with van der Waals surface area (Å²) in [5.74, 6) is -0.482. The van der Waals surface area contributed by atoms with Crippen molar-refractivity contribution in [3.8, 4) is 0 Å². The van der Waals surface area contributed by atoms with Crippen LogP contribution in [0.25, 0.3) is 0 Å². The molecule has 0 spiro atoms. The van der Waals surface area contributed by atoms with Crippen molar-refractivity contribution < 1.29 is 24.5 Å². The number of carbonyl (C=O) groups is 2. The standard InChI is InChI=1S/C53H101NO5/c1-4-7-10-13-16-19-22-24-25-26-28-31-33-36-39-42-45-51(56)50(48-55)54-52(57)47-49(44-41-38-35-32-30-27-23-20-17-14-11-8-5-2)59-53(58)46-43-40-37-34-29-21-18-15-12-9-6-3/h17,20,23,27,49-51,55-56H,4-16,18-19,21-22,24-26,28-48H2,1-3H3,(H,54,57)/b20-17+,27-23+. The summed E-state index contributed by atoms with van der Waals surface area (Å²) in [6.07, 6.45) is 53.8. The summed E-state index contributed by atoms with van der Waals surface area (Å²) in [5, 5.41) is 23.8. The van der Waals surface area contributed by atoms with Gasteiger partial charge in [-0.1, -0.05) is 238 Å². The molecule has 0 aliphatic carbocycles. The van der Waals surface area contributed by atoms with Gasteiger partial charge in [0.05, 0.1) is 25.2 Å². The van der Waals surface area contributed by atoms with Crippen LogP contribution in [0.15, 0.2) is 24.3 Å². The van der Waals surface area contributed by atoms with Crippen molar-refractivity contribution >= 4 is 11.9 Å². The lowest BCUT2D eigenvalue weighted by Crippen LogP contribution is -2.46. The molecule has 6 nitrogen and oxygen atoms in total. The Bertz CT molecular complexity index is 935. The molecule has 0 aromatic heterocycles. The summed E-state index contributed by atoms with van der Waals surface area (Å²) in [5.41, 5.74) is 0. The molecule has 3 unspecified atom stereocenters. The van der Waals surface area contributed by atoms with Crippen molar-refractivity contribution in [2.24, 2.45) is 0 Å². The number of amides is 1. The van der Waals surface area contributed by atoms with Crippen molar-refractivity contribution in [2.45, 2.75) is 296 Å². The summed E-state index contributed by atoms with van der Waals surface area (Å²) in [6.45, 7) is 6.46. The molecule has 0 bridgehead atoms. The van der Waals surface area contributed by atoms with Gasteiger partial charge in [-0.15, -0.1) is 0 Å². The Hall–Kier alpha value is -1.66. The van der Waals surface area contributed by atoms with Gasteiger partial charge in [0, 0.05) is 6.42 Å². The van der Waals surface area contributed by atoms with E-state index in [0.717, 1.165) is 70.6 Å². The molecule has 348 valence electrons. The van der Waals surface area contributed by atoms with Gasteiger partial charge in [-0.3, -0.25) is 9.59 Å². The fraction of sp³-hybridized carbons (Fsp3) is 0.887. The van der Waals surface area contributed by atoms with Gasteiger partial charge in [0.25, 0.3) is 0 Å². The maximum atomic E-state index is 13.2. The Morgan fingerprint density at radius 3 is 1.29 bits per heavy atom. The summed E-state index contributed by atoms with van der Waals surface area (Å²) < 4.78 is 5.92. The zero-order valence-corrected chi connectivity index (χ0v) is 39.7. The van der Waals surface area contributed by atoms with Crippen LogP contribution < -0.4 is 5.32 Å². The highest BCUT2D eigenvalue weighted by molar-refractivity contribution is 5.77. The number of allylic oxidation sites excluding steroid dienone is 4. The average Bonchev–Trinajstić information content (AvgIpc) is 3.23. The van der Waals surface area contributed by atoms with E-state index in [1.165, 1.54) is 161 Å². The lowest BCUT2D eigenvalue weighted by Gasteiger charge is -2.24. The molecular formula is C53H101NO5. The van der Waals surface area contributed by atoms with Crippen molar-refractivity contribution in [1.82, 2.24) is 5.32 Å². The highest BCUT2D eigenvalue weighted by Gasteiger charge is 2.24. The summed E-state index contributed by atoms with van der Waals surface area (Å²) in [6, 6.07) is -0.703. The quantitative estimate of drug-likeness (QED) is 0.0322. The van der Waals surface area contributed by atoms with E-state index in [1.807, 2.05) is 0 Å². The van der Waals surface area contributed by atoms with Gasteiger partial charge >= 0.3 is 5.97 Å². The van der Waals surface area contributed by atoms with Crippen LogP contribution in [0.1, 0.15) is 278 Å². The monoisotopic (exact) mass is 832 g/mol. The minimum Gasteiger partial charge on any atom is -0.462 e. The Kier molecular flexibility index (Phi) is 46.1. The lowest BCUT2D eigenvalue weighted by atomic mass is 10.0. The van der Waals surface area contributed by atoms with E-state index in [9.17, 15) is 19.8 Å². The zero-order valence-electron chi connectivity index (χ0n) is 39.7. The van der Waals surface area contributed by atoms with Gasteiger partial charge in [-0.05, 0) is 51.4 Å². The van der Waals surface area contributed by atoms with E-state index >= 15 is 0 Å². The number of unbranched alkanes of at least 4 members (excludes halogenated alkanes) is 32. The highest BCUT2D eigenvalue weighted by atomic mass is 16.5. The molecule has 1 amide bonds. The highest BCUT2D eigenvalue weighted by Crippen LogP contribution is 2.18. The predicted octanol–water partition coefficient (Wildman–Crippen LogP) is 15.5. The molecule has 0 aromatic rings. The molecule has 0 aromatic carbocycles. The molecular weight excluding hydrogens is 731 g/mol. The Morgan fingerprint density at radius 2 is 0.847 bits per heavy atom. The molecule has 6 heteroatoms. The summed E-state index contributed by atoms with van der Waals surface area (Å²) >= 11 is 0. The fourth-order valence-corrected chi connectivity index (χ4v) is 8.07. The first-order chi connectivity index (χ1) is 29.0. The first kappa shape index (κ1) is 57.3. The molecule has 0 radical (unpaired) electrons. The van der Waals surface area contributed by atoms with Crippen molar-refractivity contribution in [3.63, 3.8) is 0 Å². The Labute approximate surface area is 367 Å². The lowest BCUT2D eigenvalue weighted by molar-refractivity contribution is -0.151. The molecule has 3 atom stereocenters. The number of esters is 1. The van der Waals surface area contributed by atoms with Crippen LogP contribution in [0.4, 0.5) is 0 Å². The minimum absolute atomic E-state index is 0.0690. The molecule has 3 N–H and O–H groups in total. The topological polar surface area (TPSA) is 95.9 Å². The molecule has 0 aliphatic rings. The van der Waals surface area contributed by atoms with E-state index in [0.29, 0.717) is 19.3 Å². The van der Waals surface area contributed by atoms with Gasteiger partial charge in [0.15, 0.2) is 0 Å². The average molecular weight is 832 g/mol. The van der Waals surface area contributed by atoms with Crippen molar-refractivity contribution in [1.29, 1.82) is 0 Å². The Morgan fingerprint density at radius 1 is 0.492 bits per heavy atom. The second-order valence-corrected chi connectivity index (χ2v) is 18.0. The second kappa shape index (κ2) is 47.4. The van der Waals surface area contributed by atoms with Gasteiger partial charge < -0.3 is 20.3 Å². The first-order valence-corrected chi connectivity index (χ1v) is 26.1. The van der Waals surface area contributed by atoms with E-state index in [2.05, 4.69) is 50.4 Å². The number of hydrogen-bond donors (Lipinski definition) is 3. The smallest absolute Gasteiger partial charge is 0.306 e. The van der Waals surface area contributed by atoms with Crippen molar-refractivity contribution in [3.05, 3.63) is 24.3 Å². The summed E-state index contributed by atoms with van der Waals surface area (Å²) in [4.78, 5) is 26.1. The predicted molar refractivity (Wildman–Crippen MR) is 255 cm³/mol. The van der Waals surface area contributed by atoms with Crippen LogP contribution in [0.3, 0.4) is 0 Å². The number of aliphatic hydroxyl groups is 2. The van der Waals surface area contributed by atoms with Crippen LogP contribution in [-0.2, 0) is 14.3 Å². The third-order valence-corrected chi connectivity index (χ3v) is 12.1. The third kappa shape index (κ3) is 42.8. The van der Waals surface area contributed by atoms with E-state index in [4.69, 9.17) is 4.74 Å². The van der Waals surface area contributed by atoms with Gasteiger partial charge in [0.1, 0.15) is 6.10 Å². The molecule has 0 aliphatic heterocycles. The number of nitrogens with one attached hydrogen (secondary N) is 1. The van der Waals surface area contributed by atoms with E-state index < -0.39 is 18.2 Å². The molecule has 0 fully saturated rings. The number of carbonyl (C=O) groups excluding carboxylic acids is 2. The van der Waals surface area contributed by atoms with E-state index in [-0.39, 0.29) is 24.9 Å². The first-order valence-electron chi connectivity index (χ1n) is 26.1. The van der Waals surface area contributed by atoms with Crippen LogP contribution in [0.5, 0.6) is 0 Å². The maximum Gasteiger partial charge on any atom is 0.306 e. The number of rotatable bonds is 47. The van der Waals surface area contributed by atoms with Crippen LogP contribution in [-0.4, -0.2) is 46.9 Å². The molecule has 0 saturated carbocycles. The molecule has 59 heavy (non-hydrogen) atoms. The largest absolute Gasteiger partial charge is 0.462 e. The SMILES string of the molecule is CCCCC/C=C/C=C/CCCCCCC(CC(=O)NC(CO)C(O)CCCCCCCCCCCCCCCCCC)OC(=O)CCCCCCCCCCCCC.